The van der Waals surface area contributed by atoms with Crippen LogP contribution in [-0.2, 0) is 11.4 Å². The molecule has 0 heterocycles. The van der Waals surface area contributed by atoms with E-state index in [1.807, 2.05) is 51.1 Å². The van der Waals surface area contributed by atoms with Gasteiger partial charge in [-0.15, -0.1) is 11.6 Å². The van der Waals surface area contributed by atoms with Crippen LogP contribution in [0.25, 0.3) is 0 Å². The average Bonchev–Trinajstić information content (AvgIpc) is 2.37. The molecule has 1 rings (SSSR count). The van der Waals surface area contributed by atoms with Gasteiger partial charge in [-0.3, -0.25) is 0 Å². The van der Waals surface area contributed by atoms with Crippen molar-refractivity contribution in [2.45, 2.75) is 44.8 Å². The van der Waals surface area contributed by atoms with Gasteiger partial charge in [0.1, 0.15) is 16.1 Å². The van der Waals surface area contributed by atoms with Gasteiger partial charge >= 0.3 is 0 Å². The number of benzene rings is 1. The van der Waals surface area contributed by atoms with E-state index in [1.54, 1.807) is 0 Å². The van der Waals surface area contributed by atoms with Gasteiger partial charge in [0.2, 0.25) is 0 Å². The molecule has 106 valence electrons. The highest BCUT2D eigenvalue weighted by Gasteiger charge is 2.27. The molecule has 0 aliphatic rings. The molecule has 0 spiro atoms. The highest BCUT2D eigenvalue weighted by Crippen LogP contribution is 2.20. The quantitative estimate of drug-likeness (QED) is 0.333. The lowest BCUT2D eigenvalue weighted by atomic mass is 10.1. The Morgan fingerprint density at radius 1 is 1.21 bits per heavy atom. The third kappa shape index (κ3) is 5.98. The smallest absolute Gasteiger partial charge is 0.144 e. The summed E-state index contributed by atoms with van der Waals surface area (Å²) in [4.78, 5) is 0. The molecule has 0 bridgehead atoms. The van der Waals surface area contributed by atoms with E-state index in [2.05, 4.69) is 4.40 Å². The molecule has 1 atom stereocenters. The van der Waals surface area contributed by atoms with Crippen molar-refractivity contribution >= 4 is 28.7 Å². The zero-order chi connectivity index (χ0) is 14.3. The van der Waals surface area contributed by atoms with Gasteiger partial charge in [0.15, 0.2) is 0 Å². The first-order valence-electron chi connectivity index (χ1n) is 6.56. The summed E-state index contributed by atoms with van der Waals surface area (Å²) >= 11 is 4.49. The van der Waals surface area contributed by atoms with Crippen molar-refractivity contribution in [3.05, 3.63) is 35.9 Å². The summed E-state index contributed by atoms with van der Waals surface area (Å²) in [6, 6.07) is 9.96. The highest BCUT2D eigenvalue weighted by atomic mass is 35.5. The van der Waals surface area contributed by atoms with E-state index in [0.29, 0.717) is 5.88 Å². The Bertz CT molecular complexity index is 400. The van der Waals surface area contributed by atoms with Crippen LogP contribution in [0, 0.1) is 0 Å². The van der Waals surface area contributed by atoms with E-state index in [0.717, 1.165) is 30.5 Å². The minimum absolute atomic E-state index is 0.327. The number of hydrogen-bond donors (Lipinski definition) is 0. The van der Waals surface area contributed by atoms with Crippen LogP contribution in [-0.4, -0.2) is 20.9 Å². The normalized spacial score (nSPS) is 14.5. The molecule has 4 heteroatoms. The summed E-state index contributed by atoms with van der Waals surface area (Å²) in [5.41, 5.74) is 1.97. The summed E-state index contributed by atoms with van der Waals surface area (Å²) in [6.45, 7) is 5.82. The van der Waals surface area contributed by atoms with Crippen molar-refractivity contribution in [3.8, 4) is 0 Å². The topological polar surface area (TPSA) is 35.4 Å². The highest BCUT2D eigenvalue weighted by molar-refractivity contribution is 7.91. The third-order valence-electron chi connectivity index (χ3n) is 2.62. The molecule has 1 aromatic carbocycles. The van der Waals surface area contributed by atoms with Crippen LogP contribution in [0.2, 0.25) is 0 Å². The Labute approximate surface area is 124 Å². The zero-order valence-electron chi connectivity index (χ0n) is 11.9. The molecule has 2 nitrogen and oxygen atoms in total. The van der Waals surface area contributed by atoms with E-state index in [9.17, 15) is 4.55 Å². The van der Waals surface area contributed by atoms with Crippen LogP contribution in [0.5, 0.6) is 0 Å². The fourth-order valence-electron chi connectivity index (χ4n) is 1.50. The molecular formula is C15H22ClNOS. The monoisotopic (exact) mass is 299 g/mol. The first-order chi connectivity index (χ1) is 8.95. The molecule has 0 aromatic heterocycles. The minimum atomic E-state index is -1.22. The number of nitrogens with zero attached hydrogens (tertiary/aromatic N) is 1. The molecule has 1 unspecified atom stereocenters. The summed E-state index contributed by atoms with van der Waals surface area (Å²) in [5, 5.41) is 0. The number of rotatable bonds is 6. The minimum Gasteiger partial charge on any atom is -0.591 e. The summed E-state index contributed by atoms with van der Waals surface area (Å²) in [6.07, 6.45) is 2.74. The van der Waals surface area contributed by atoms with Gasteiger partial charge in [-0.2, -0.15) is 0 Å². The van der Waals surface area contributed by atoms with E-state index in [1.165, 1.54) is 0 Å². The van der Waals surface area contributed by atoms with Crippen LogP contribution in [0.3, 0.4) is 0 Å². The predicted molar refractivity (Wildman–Crippen MR) is 85.4 cm³/mol. The van der Waals surface area contributed by atoms with Crippen molar-refractivity contribution in [2.24, 2.45) is 4.40 Å². The molecule has 0 N–H and O–H groups in total. The molecule has 1 aromatic rings. The van der Waals surface area contributed by atoms with Gasteiger partial charge in [0.05, 0.1) is 5.71 Å². The van der Waals surface area contributed by atoms with Crippen molar-refractivity contribution in [3.63, 3.8) is 0 Å². The fraction of sp³-hybridized carbons (Fsp3) is 0.533. The fourth-order valence-corrected chi connectivity index (χ4v) is 2.36. The standard InChI is InChI=1S/C15H22ClNOS/c1-15(2,3)19(18)17-14(11-7-8-12-16)13-9-5-4-6-10-13/h4-6,9-10H,7-8,11-12H2,1-3H3/b17-14+. The van der Waals surface area contributed by atoms with E-state index >= 15 is 0 Å². The lowest BCUT2D eigenvalue weighted by molar-refractivity contribution is 0.561. The second-order valence-corrected chi connectivity index (χ2v) is 7.70. The third-order valence-corrected chi connectivity index (χ3v) is 4.32. The molecular weight excluding hydrogens is 278 g/mol. The molecule has 0 saturated heterocycles. The summed E-state index contributed by atoms with van der Waals surface area (Å²) < 4.78 is 16.3. The Morgan fingerprint density at radius 3 is 2.37 bits per heavy atom. The lowest BCUT2D eigenvalue weighted by Gasteiger charge is -2.19. The molecule has 0 amide bonds. The van der Waals surface area contributed by atoms with Crippen molar-refractivity contribution in [1.82, 2.24) is 0 Å². The second kappa shape index (κ2) is 7.93. The van der Waals surface area contributed by atoms with Crippen LogP contribution in [0.4, 0.5) is 0 Å². The molecule has 0 aliphatic carbocycles. The lowest BCUT2D eigenvalue weighted by Crippen LogP contribution is -2.27. The average molecular weight is 300 g/mol. The van der Waals surface area contributed by atoms with Crippen LogP contribution in [0.1, 0.15) is 45.6 Å². The van der Waals surface area contributed by atoms with Crippen molar-refractivity contribution in [1.29, 1.82) is 0 Å². The van der Waals surface area contributed by atoms with Gasteiger partial charge in [-0.1, -0.05) is 34.7 Å². The first kappa shape index (κ1) is 16.5. The Morgan fingerprint density at radius 2 is 1.84 bits per heavy atom. The number of halogens is 1. The van der Waals surface area contributed by atoms with Crippen molar-refractivity contribution < 1.29 is 4.55 Å². The zero-order valence-corrected chi connectivity index (χ0v) is 13.4. The summed E-state index contributed by atoms with van der Waals surface area (Å²) in [7, 11) is 0. The van der Waals surface area contributed by atoms with E-state index in [4.69, 9.17) is 11.6 Å². The van der Waals surface area contributed by atoms with Gasteiger partial charge in [0.25, 0.3) is 0 Å². The Kier molecular flexibility index (Phi) is 6.90. The van der Waals surface area contributed by atoms with Crippen LogP contribution >= 0.6 is 11.6 Å². The van der Waals surface area contributed by atoms with E-state index < -0.39 is 11.4 Å². The maximum absolute atomic E-state index is 12.2. The van der Waals surface area contributed by atoms with E-state index in [-0.39, 0.29) is 4.75 Å². The predicted octanol–water partition coefficient (Wildman–Crippen LogP) is 4.35. The van der Waals surface area contributed by atoms with Gasteiger partial charge < -0.3 is 4.55 Å². The Balaban J connectivity index is 2.89. The number of unbranched alkanes of at least 4 members (excludes halogenated alkanes) is 1. The van der Waals surface area contributed by atoms with Gasteiger partial charge in [-0.25, -0.2) is 0 Å². The van der Waals surface area contributed by atoms with Crippen LogP contribution in [0.15, 0.2) is 34.7 Å². The SMILES string of the molecule is CC(C)(C)[S+]([O-])/N=C(\CCCCCl)c1ccccc1. The summed E-state index contributed by atoms with van der Waals surface area (Å²) in [5.74, 6) is 0.657. The van der Waals surface area contributed by atoms with Crippen LogP contribution < -0.4 is 0 Å². The number of hydrogen-bond acceptors (Lipinski definition) is 2. The number of alkyl halides is 1. The van der Waals surface area contributed by atoms with Gasteiger partial charge in [0, 0.05) is 11.4 Å². The largest absolute Gasteiger partial charge is 0.591 e. The molecule has 19 heavy (non-hydrogen) atoms. The first-order valence-corrected chi connectivity index (χ1v) is 8.20. The van der Waals surface area contributed by atoms with Crippen molar-refractivity contribution in [2.75, 3.05) is 5.88 Å². The molecule has 0 saturated carbocycles. The maximum Gasteiger partial charge on any atom is 0.144 e. The maximum atomic E-state index is 12.2. The second-order valence-electron chi connectivity index (χ2n) is 5.41. The van der Waals surface area contributed by atoms with Gasteiger partial charge in [-0.05, 0) is 40.0 Å². The molecule has 0 radical (unpaired) electrons. The molecule has 0 aliphatic heterocycles. The molecule has 0 fully saturated rings. The Hall–Kier alpha value is -0.510.